The van der Waals surface area contributed by atoms with E-state index in [1.54, 1.807) is 0 Å². The van der Waals surface area contributed by atoms with Crippen molar-refractivity contribution in [2.45, 2.75) is 124 Å². The molecule has 0 spiro atoms. The summed E-state index contributed by atoms with van der Waals surface area (Å²) in [5, 5.41) is 11.4. The standard InChI is InChI=1S/C26H49O6P/c1-16(2)20-11-9-18(5)13-22(20)31-33(28,25(27)24-15-29-26(7,8)30-24)32-23-14-19(6)10-12-21(23)17(3)4/h16-25,27H,9-15H2,1-8H3/t18-,19-,20-,21-,22-,23-,24+,25+/m1/s1. The third-order valence-electron chi connectivity index (χ3n) is 8.17. The first kappa shape index (κ1) is 27.6. The summed E-state index contributed by atoms with van der Waals surface area (Å²) in [5.74, 6) is 0.234. The Hall–Kier alpha value is 0.0300. The zero-order chi connectivity index (χ0) is 24.6. The zero-order valence-electron chi connectivity index (χ0n) is 22.2. The fourth-order valence-corrected chi connectivity index (χ4v) is 8.16. The molecule has 1 saturated heterocycles. The van der Waals surface area contributed by atoms with Gasteiger partial charge in [-0.3, -0.25) is 4.57 Å². The Morgan fingerprint density at radius 2 is 1.33 bits per heavy atom. The van der Waals surface area contributed by atoms with Gasteiger partial charge in [-0.1, -0.05) is 54.4 Å². The van der Waals surface area contributed by atoms with Crippen LogP contribution in [0.3, 0.4) is 0 Å². The summed E-state index contributed by atoms with van der Waals surface area (Å²) in [6, 6.07) is 0. The summed E-state index contributed by atoms with van der Waals surface area (Å²) in [4.78, 5) is 0. The average Bonchev–Trinajstić information content (AvgIpc) is 3.06. The first-order valence-corrected chi connectivity index (χ1v) is 14.9. The number of hydrogen-bond donors (Lipinski definition) is 1. The molecule has 0 radical (unpaired) electrons. The molecule has 0 aromatic carbocycles. The summed E-state index contributed by atoms with van der Waals surface area (Å²) in [5.41, 5.74) is 0. The van der Waals surface area contributed by atoms with E-state index in [-0.39, 0.29) is 18.8 Å². The molecule has 0 aromatic heterocycles. The van der Waals surface area contributed by atoms with Gasteiger partial charge in [-0.2, -0.15) is 0 Å². The molecule has 0 aromatic rings. The second-order valence-corrected chi connectivity index (χ2v) is 14.3. The maximum atomic E-state index is 14.6. The minimum Gasteiger partial charge on any atom is -0.378 e. The smallest absolute Gasteiger partial charge is 0.362 e. The lowest BCUT2D eigenvalue weighted by Gasteiger charge is -2.43. The van der Waals surface area contributed by atoms with E-state index in [0.717, 1.165) is 38.5 Å². The Labute approximate surface area is 202 Å². The van der Waals surface area contributed by atoms with E-state index in [2.05, 4.69) is 41.5 Å². The molecule has 3 rings (SSSR count). The van der Waals surface area contributed by atoms with Gasteiger partial charge in [0.2, 0.25) is 0 Å². The molecule has 3 fully saturated rings. The van der Waals surface area contributed by atoms with Crippen LogP contribution in [0.2, 0.25) is 0 Å². The lowest BCUT2D eigenvalue weighted by Crippen LogP contribution is -2.40. The lowest BCUT2D eigenvalue weighted by molar-refractivity contribution is -0.147. The van der Waals surface area contributed by atoms with Gasteiger partial charge in [0, 0.05) is 0 Å². The predicted molar refractivity (Wildman–Crippen MR) is 131 cm³/mol. The maximum Gasteiger partial charge on any atom is 0.362 e. The quantitative estimate of drug-likeness (QED) is 0.388. The molecule has 33 heavy (non-hydrogen) atoms. The van der Waals surface area contributed by atoms with Crippen LogP contribution in [0.25, 0.3) is 0 Å². The van der Waals surface area contributed by atoms with Crippen molar-refractivity contribution in [3.63, 3.8) is 0 Å². The molecule has 0 unspecified atom stereocenters. The van der Waals surface area contributed by atoms with Crippen LogP contribution in [0.4, 0.5) is 0 Å². The molecular weight excluding hydrogens is 439 g/mol. The Kier molecular flexibility index (Phi) is 9.18. The highest BCUT2D eigenvalue weighted by Gasteiger charge is 2.51. The molecule has 6 nitrogen and oxygen atoms in total. The van der Waals surface area contributed by atoms with E-state index in [1.807, 2.05) is 13.8 Å². The fraction of sp³-hybridized carbons (Fsp3) is 1.00. The van der Waals surface area contributed by atoms with Gasteiger partial charge >= 0.3 is 7.60 Å². The highest BCUT2D eigenvalue weighted by molar-refractivity contribution is 7.54. The SMILES string of the molecule is CC(C)[C@H]1CC[C@@H](C)C[C@H]1OP(=O)(O[C@@H]1C[C@H](C)CC[C@@H]1C(C)C)[C@H](O)[C@@H]1COC(C)(C)O1. The molecule has 0 amide bonds. The van der Waals surface area contributed by atoms with Crippen molar-refractivity contribution < 1.29 is 28.2 Å². The van der Waals surface area contributed by atoms with Crippen molar-refractivity contribution >= 4 is 7.60 Å². The largest absolute Gasteiger partial charge is 0.378 e. The third kappa shape index (κ3) is 6.83. The topological polar surface area (TPSA) is 74.2 Å². The molecule has 194 valence electrons. The highest BCUT2D eigenvalue weighted by atomic mass is 31.2. The van der Waals surface area contributed by atoms with Crippen LogP contribution in [0.15, 0.2) is 0 Å². The van der Waals surface area contributed by atoms with Gasteiger partial charge in [0.1, 0.15) is 6.10 Å². The molecule has 1 aliphatic heterocycles. The Morgan fingerprint density at radius 3 is 1.70 bits per heavy atom. The van der Waals surface area contributed by atoms with Gasteiger partial charge in [0.15, 0.2) is 11.6 Å². The summed E-state index contributed by atoms with van der Waals surface area (Å²) < 4.78 is 39.1. The first-order valence-electron chi connectivity index (χ1n) is 13.3. The number of hydrogen-bond acceptors (Lipinski definition) is 6. The number of aliphatic hydroxyl groups is 1. The van der Waals surface area contributed by atoms with Crippen molar-refractivity contribution in [1.82, 2.24) is 0 Å². The molecule has 2 aliphatic carbocycles. The average molecular weight is 489 g/mol. The molecule has 1 N–H and O–H groups in total. The van der Waals surface area contributed by atoms with Gasteiger partial charge in [0.05, 0.1) is 18.8 Å². The Morgan fingerprint density at radius 1 is 0.879 bits per heavy atom. The van der Waals surface area contributed by atoms with Crippen LogP contribution >= 0.6 is 7.60 Å². The minimum absolute atomic E-state index is 0.175. The highest BCUT2D eigenvalue weighted by Crippen LogP contribution is 2.60. The van der Waals surface area contributed by atoms with Crippen molar-refractivity contribution in [1.29, 1.82) is 0 Å². The van der Waals surface area contributed by atoms with Crippen LogP contribution in [-0.2, 0) is 23.1 Å². The van der Waals surface area contributed by atoms with Crippen molar-refractivity contribution in [3.8, 4) is 0 Å². The molecule has 0 bridgehead atoms. The molecular formula is C26H49O6P. The second-order valence-electron chi connectivity index (χ2n) is 12.3. The van der Waals surface area contributed by atoms with Gasteiger partial charge in [-0.05, 0) is 75.0 Å². The maximum absolute atomic E-state index is 14.6. The van der Waals surface area contributed by atoms with Crippen LogP contribution in [0.1, 0.15) is 93.9 Å². The third-order valence-corrected chi connectivity index (χ3v) is 10.3. The molecule has 8 atom stereocenters. The molecule has 1 heterocycles. The predicted octanol–water partition coefficient (Wildman–Crippen LogP) is 6.60. The summed E-state index contributed by atoms with van der Waals surface area (Å²) in [6.07, 6.45) is 4.96. The van der Waals surface area contributed by atoms with E-state index in [4.69, 9.17) is 18.5 Å². The van der Waals surface area contributed by atoms with Gasteiger partial charge < -0.3 is 23.6 Å². The number of ether oxygens (including phenoxy) is 2. The van der Waals surface area contributed by atoms with Gasteiger partial charge in [0.25, 0.3) is 0 Å². The van der Waals surface area contributed by atoms with E-state index in [0.29, 0.717) is 35.5 Å². The van der Waals surface area contributed by atoms with Crippen LogP contribution < -0.4 is 0 Å². The van der Waals surface area contributed by atoms with Crippen molar-refractivity contribution in [2.24, 2.45) is 35.5 Å². The van der Waals surface area contributed by atoms with Crippen molar-refractivity contribution in [2.75, 3.05) is 6.61 Å². The van der Waals surface area contributed by atoms with E-state index >= 15 is 0 Å². The summed E-state index contributed by atoms with van der Waals surface area (Å²) >= 11 is 0. The lowest BCUT2D eigenvalue weighted by atomic mass is 9.75. The van der Waals surface area contributed by atoms with Crippen LogP contribution in [0.5, 0.6) is 0 Å². The van der Waals surface area contributed by atoms with Crippen molar-refractivity contribution in [3.05, 3.63) is 0 Å². The van der Waals surface area contributed by atoms with Crippen LogP contribution in [-0.4, -0.2) is 41.7 Å². The van der Waals surface area contributed by atoms with Gasteiger partial charge in [-0.25, -0.2) is 0 Å². The zero-order valence-corrected chi connectivity index (χ0v) is 23.1. The molecule has 2 saturated carbocycles. The van der Waals surface area contributed by atoms with Gasteiger partial charge in [-0.15, -0.1) is 0 Å². The normalized spacial score (nSPS) is 38.7. The fourth-order valence-electron chi connectivity index (χ4n) is 6.06. The Bertz CT molecular complexity index is 642. The van der Waals surface area contributed by atoms with E-state index < -0.39 is 25.3 Å². The monoisotopic (exact) mass is 488 g/mol. The summed E-state index contributed by atoms with van der Waals surface area (Å²) in [7, 11) is -3.91. The minimum atomic E-state index is -3.91. The van der Waals surface area contributed by atoms with Crippen LogP contribution in [0, 0.1) is 35.5 Å². The summed E-state index contributed by atoms with van der Waals surface area (Å²) in [6.45, 7) is 17.0. The first-order chi connectivity index (χ1) is 15.3. The second kappa shape index (κ2) is 11.0. The van der Waals surface area contributed by atoms with E-state index in [9.17, 15) is 9.67 Å². The Balaban J connectivity index is 1.89. The molecule has 7 heteroatoms. The number of aliphatic hydroxyl groups excluding tert-OH is 1. The molecule has 3 aliphatic rings. The number of rotatable bonds is 8. The van der Waals surface area contributed by atoms with E-state index in [1.165, 1.54) is 0 Å².